The van der Waals surface area contributed by atoms with E-state index in [4.69, 9.17) is 11.6 Å². The molecule has 0 radical (unpaired) electrons. The highest BCUT2D eigenvalue weighted by Gasteiger charge is 2.29. The summed E-state index contributed by atoms with van der Waals surface area (Å²) in [5, 5.41) is 0. The lowest BCUT2D eigenvalue weighted by Crippen LogP contribution is -2.36. The Hall–Kier alpha value is -0.630. The van der Waals surface area contributed by atoms with Crippen molar-refractivity contribution in [2.75, 3.05) is 7.11 Å². The number of hydrogen-bond acceptors (Lipinski definition) is 5. The van der Waals surface area contributed by atoms with Gasteiger partial charge >= 0.3 is 5.97 Å². The molecule has 5 nitrogen and oxygen atoms in total. The minimum atomic E-state index is -3.75. The molecule has 1 N–H and O–H groups in total. The number of thiophene rings is 1. The fourth-order valence-corrected chi connectivity index (χ4v) is 5.32. The molecule has 112 valence electrons. The average molecular weight is 338 g/mol. The van der Waals surface area contributed by atoms with Gasteiger partial charge in [-0.2, -0.15) is 0 Å². The van der Waals surface area contributed by atoms with Gasteiger partial charge in [-0.3, -0.25) is 0 Å². The van der Waals surface area contributed by atoms with Crippen molar-refractivity contribution in [2.24, 2.45) is 0 Å². The molecule has 2 rings (SSSR count). The van der Waals surface area contributed by atoms with E-state index in [2.05, 4.69) is 9.46 Å². The zero-order chi connectivity index (χ0) is 14.8. The quantitative estimate of drug-likeness (QED) is 0.857. The van der Waals surface area contributed by atoms with Crippen LogP contribution in [0.25, 0.3) is 0 Å². The third-order valence-electron chi connectivity index (χ3n) is 3.26. The van der Waals surface area contributed by atoms with Crippen molar-refractivity contribution in [2.45, 2.75) is 43.0 Å². The zero-order valence-corrected chi connectivity index (χ0v) is 13.4. The predicted octanol–water partition coefficient (Wildman–Crippen LogP) is 2.80. The van der Waals surface area contributed by atoms with E-state index in [-0.39, 0.29) is 20.2 Å². The number of carbonyl (C=O) groups is 1. The second-order valence-electron chi connectivity index (χ2n) is 4.69. The molecule has 20 heavy (non-hydrogen) atoms. The molecule has 1 heterocycles. The minimum Gasteiger partial charge on any atom is -0.465 e. The van der Waals surface area contributed by atoms with Gasteiger partial charge in [0, 0.05) is 6.04 Å². The number of nitrogens with one attached hydrogen (secondary N) is 1. The molecule has 0 spiro atoms. The van der Waals surface area contributed by atoms with Crippen molar-refractivity contribution in [1.29, 1.82) is 0 Å². The molecule has 8 heteroatoms. The number of halogens is 1. The summed E-state index contributed by atoms with van der Waals surface area (Å²) in [4.78, 5) is 11.5. The molecule has 0 saturated heterocycles. The van der Waals surface area contributed by atoms with Crippen LogP contribution in [0.15, 0.2) is 11.0 Å². The van der Waals surface area contributed by atoms with Crippen LogP contribution in [-0.2, 0) is 14.8 Å². The molecule has 1 aromatic heterocycles. The summed E-state index contributed by atoms with van der Waals surface area (Å²) in [6.45, 7) is 0. The second kappa shape index (κ2) is 6.43. The third-order valence-corrected chi connectivity index (χ3v) is 6.17. The molecule has 0 unspecified atom stereocenters. The Bertz CT molecular complexity index is 591. The molecule has 1 aromatic rings. The van der Waals surface area contributed by atoms with E-state index >= 15 is 0 Å². The number of rotatable bonds is 4. The van der Waals surface area contributed by atoms with E-state index in [0.717, 1.165) is 43.4 Å². The highest BCUT2D eigenvalue weighted by molar-refractivity contribution is 7.89. The van der Waals surface area contributed by atoms with Crippen LogP contribution in [0.3, 0.4) is 0 Å². The zero-order valence-electron chi connectivity index (χ0n) is 11.0. The molecular weight excluding hydrogens is 322 g/mol. The molecule has 0 bridgehead atoms. The first-order chi connectivity index (χ1) is 9.44. The van der Waals surface area contributed by atoms with Crippen LogP contribution in [0.1, 0.15) is 41.8 Å². The van der Waals surface area contributed by atoms with Crippen molar-refractivity contribution in [3.8, 4) is 0 Å². The first kappa shape index (κ1) is 15.8. The van der Waals surface area contributed by atoms with E-state index in [0.29, 0.717) is 0 Å². The van der Waals surface area contributed by atoms with E-state index in [1.807, 2.05) is 0 Å². The standard InChI is InChI=1S/C12H16ClNO4S2/c1-18-12(15)11-9(7-10(13)19-11)20(16,17)14-8-5-3-2-4-6-8/h7-8,14H,2-6H2,1H3. The Labute approximate surface area is 127 Å². The fourth-order valence-electron chi connectivity index (χ4n) is 2.28. The van der Waals surface area contributed by atoms with Gasteiger partial charge in [-0.1, -0.05) is 30.9 Å². The second-order valence-corrected chi connectivity index (χ2v) is 8.06. The van der Waals surface area contributed by atoms with E-state index < -0.39 is 16.0 Å². The van der Waals surface area contributed by atoms with Crippen LogP contribution in [0.5, 0.6) is 0 Å². The molecule has 1 saturated carbocycles. The summed E-state index contributed by atoms with van der Waals surface area (Å²) >= 11 is 6.74. The summed E-state index contributed by atoms with van der Waals surface area (Å²) in [5.74, 6) is -0.689. The van der Waals surface area contributed by atoms with Gasteiger partial charge in [-0.15, -0.1) is 11.3 Å². The molecule has 0 amide bonds. The highest BCUT2D eigenvalue weighted by Crippen LogP contribution is 2.31. The van der Waals surface area contributed by atoms with E-state index in [1.165, 1.54) is 13.2 Å². The first-order valence-corrected chi connectivity index (χ1v) is 9.02. The number of esters is 1. The predicted molar refractivity (Wildman–Crippen MR) is 77.9 cm³/mol. The SMILES string of the molecule is COC(=O)c1sc(Cl)cc1S(=O)(=O)NC1CCCCC1. The van der Waals surface area contributed by atoms with Crippen LogP contribution in [0.2, 0.25) is 4.34 Å². The fraction of sp³-hybridized carbons (Fsp3) is 0.583. The van der Waals surface area contributed by atoms with Crippen LogP contribution in [0.4, 0.5) is 0 Å². The Morgan fingerprint density at radius 3 is 2.65 bits per heavy atom. The third kappa shape index (κ3) is 3.52. The van der Waals surface area contributed by atoms with E-state index in [1.54, 1.807) is 0 Å². The van der Waals surface area contributed by atoms with Crippen molar-refractivity contribution in [3.05, 3.63) is 15.3 Å². The summed E-state index contributed by atoms with van der Waals surface area (Å²) < 4.78 is 32.3. The number of hydrogen-bond donors (Lipinski definition) is 1. The highest BCUT2D eigenvalue weighted by atomic mass is 35.5. The molecule has 0 atom stereocenters. The Balaban J connectivity index is 2.26. The number of methoxy groups -OCH3 is 1. The normalized spacial score (nSPS) is 17.1. The molecule has 0 aliphatic heterocycles. The van der Waals surface area contributed by atoms with Gasteiger partial charge in [0.15, 0.2) is 0 Å². The lowest BCUT2D eigenvalue weighted by molar-refractivity contribution is 0.0602. The Kier molecular flexibility index (Phi) is 5.06. The smallest absolute Gasteiger partial charge is 0.349 e. The maximum absolute atomic E-state index is 12.4. The minimum absolute atomic E-state index is 0.0146. The van der Waals surface area contributed by atoms with Gasteiger partial charge in [-0.05, 0) is 18.9 Å². The summed E-state index contributed by atoms with van der Waals surface area (Å²) in [5.41, 5.74) is 0. The van der Waals surface area contributed by atoms with Crippen molar-refractivity contribution in [3.63, 3.8) is 0 Å². The monoisotopic (exact) mass is 337 g/mol. The average Bonchev–Trinajstić information content (AvgIpc) is 2.81. The molecule has 1 aliphatic carbocycles. The number of ether oxygens (including phenoxy) is 1. The van der Waals surface area contributed by atoms with Gasteiger partial charge in [0.05, 0.1) is 11.4 Å². The summed E-state index contributed by atoms with van der Waals surface area (Å²) in [6.07, 6.45) is 4.81. The summed E-state index contributed by atoms with van der Waals surface area (Å²) in [7, 11) is -2.54. The Morgan fingerprint density at radius 2 is 2.05 bits per heavy atom. The lowest BCUT2D eigenvalue weighted by atomic mass is 9.96. The van der Waals surface area contributed by atoms with Crippen LogP contribution in [-0.4, -0.2) is 27.5 Å². The van der Waals surface area contributed by atoms with E-state index in [9.17, 15) is 13.2 Å². The van der Waals surface area contributed by atoms with Gasteiger partial charge in [0.25, 0.3) is 0 Å². The van der Waals surface area contributed by atoms with Gasteiger partial charge in [-0.25, -0.2) is 17.9 Å². The molecular formula is C12H16ClNO4S2. The molecule has 1 fully saturated rings. The number of carbonyl (C=O) groups excluding carboxylic acids is 1. The van der Waals surface area contributed by atoms with Gasteiger partial charge in [0.2, 0.25) is 10.0 Å². The maximum atomic E-state index is 12.4. The lowest BCUT2D eigenvalue weighted by Gasteiger charge is -2.22. The van der Waals surface area contributed by atoms with Crippen molar-refractivity contribution >= 4 is 38.9 Å². The molecule has 1 aliphatic rings. The van der Waals surface area contributed by atoms with Gasteiger partial charge < -0.3 is 4.74 Å². The topological polar surface area (TPSA) is 72.5 Å². The van der Waals surface area contributed by atoms with Crippen molar-refractivity contribution < 1.29 is 17.9 Å². The van der Waals surface area contributed by atoms with Crippen molar-refractivity contribution in [1.82, 2.24) is 4.72 Å². The Morgan fingerprint density at radius 1 is 1.40 bits per heavy atom. The summed E-state index contributed by atoms with van der Waals surface area (Å²) in [6, 6.07) is 1.22. The maximum Gasteiger partial charge on any atom is 0.349 e. The van der Waals surface area contributed by atoms with Crippen LogP contribution >= 0.6 is 22.9 Å². The molecule has 0 aromatic carbocycles. The van der Waals surface area contributed by atoms with Gasteiger partial charge in [0.1, 0.15) is 9.77 Å². The number of sulfonamides is 1. The first-order valence-electron chi connectivity index (χ1n) is 6.34. The van der Waals surface area contributed by atoms with Crippen LogP contribution in [0, 0.1) is 0 Å². The van der Waals surface area contributed by atoms with Crippen LogP contribution < -0.4 is 4.72 Å². The largest absolute Gasteiger partial charge is 0.465 e.